The number of amides is 1. The Kier molecular flexibility index (Phi) is 5.92. The molecule has 5 nitrogen and oxygen atoms in total. The number of piperidine rings is 1. The molecule has 0 bridgehead atoms. The molecule has 2 heterocycles. The predicted molar refractivity (Wildman–Crippen MR) is 119 cm³/mol. The Morgan fingerprint density at radius 3 is 2.20 bits per heavy atom. The molecule has 0 N–H and O–H groups in total. The highest BCUT2D eigenvalue weighted by Gasteiger charge is 2.33. The van der Waals surface area contributed by atoms with Crippen LogP contribution in [0.1, 0.15) is 23.2 Å². The first kappa shape index (κ1) is 20.6. The molecule has 0 unspecified atom stereocenters. The van der Waals surface area contributed by atoms with Crippen molar-refractivity contribution in [2.75, 3.05) is 20.2 Å². The van der Waals surface area contributed by atoms with E-state index >= 15 is 0 Å². The molecular weight excluding hydrogens is 418 g/mol. The Morgan fingerprint density at radius 1 is 0.967 bits per heavy atom. The van der Waals surface area contributed by atoms with Crippen LogP contribution in [0.25, 0.3) is 11.1 Å². The third-order valence-corrected chi connectivity index (χ3v) is 8.50. The number of likely N-dealkylation sites (tertiary alicyclic amines) is 1. The molecule has 1 aliphatic heterocycles. The zero-order valence-electron chi connectivity index (χ0n) is 16.7. The van der Waals surface area contributed by atoms with Gasteiger partial charge in [-0.1, -0.05) is 12.1 Å². The highest BCUT2D eigenvalue weighted by atomic mass is 32.2. The fraction of sp³-hybridized carbons (Fsp3) is 0.261. The largest absolute Gasteiger partial charge is 0.497 e. The standard InChI is InChI=1S/C23H23NO4S2/c1-28-20-6-8-21(9-7-20)30(26,27)22-10-13-24(14-11-22)23(25)18-4-2-17(3-5-18)19-12-15-29-16-19/h2-9,12,15-16,22H,10-11,13-14H2,1H3. The number of rotatable bonds is 5. The number of carbonyl (C=O) groups is 1. The van der Waals surface area contributed by atoms with Crippen molar-refractivity contribution >= 4 is 27.1 Å². The Hall–Kier alpha value is -2.64. The summed E-state index contributed by atoms with van der Waals surface area (Å²) in [7, 11) is -1.88. The molecule has 0 aliphatic carbocycles. The van der Waals surface area contributed by atoms with E-state index in [0.717, 1.165) is 11.1 Å². The van der Waals surface area contributed by atoms with Crippen LogP contribution in [-0.2, 0) is 9.84 Å². The number of hydrogen-bond donors (Lipinski definition) is 0. The molecule has 1 amide bonds. The minimum Gasteiger partial charge on any atom is -0.497 e. The average Bonchev–Trinajstić information content (AvgIpc) is 3.34. The van der Waals surface area contributed by atoms with Gasteiger partial charge in [-0.3, -0.25) is 4.79 Å². The van der Waals surface area contributed by atoms with Crippen molar-refractivity contribution < 1.29 is 17.9 Å². The smallest absolute Gasteiger partial charge is 0.253 e. The van der Waals surface area contributed by atoms with Crippen LogP contribution in [0.15, 0.2) is 70.3 Å². The van der Waals surface area contributed by atoms with Crippen LogP contribution in [0, 0.1) is 0 Å². The summed E-state index contributed by atoms with van der Waals surface area (Å²) < 4.78 is 31.0. The number of methoxy groups -OCH3 is 1. The van der Waals surface area contributed by atoms with E-state index in [2.05, 4.69) is 11.4 Å². The minimum absolute atomic E-state index is 0.0489. The van der Waals surface area contributed by atoms with E-state index in [1.807, 2.05) is 29.6 Å². The second kappa shape index (κ2) is 8.62. The third-order valence-electron chi connectivity index (χ3n) is 5.54. The molecule has 0 saturated carbocycles. The third kappa shape index (κ3) is 4.13. The Bertz CT molecular complexity index is 1100. The van der Waals surface area contributed by atoms with Gasteiger partial charge in [0.1, 0.15) is 5.75 Å². The second-order valence-electron chi connectivity index (χ2n) is 7.30. The van der Waals surface area contributed by atoms with Crippen molar-refractivity contribution in [3.8, 4) is 16.9 Å². The average molecular weight is 442 g/mol. The van der Waals surface area contributed by atoms with E-state index < -0.39 is 15.1 Å². The van der Waals surface area contributed by atoms with E-state index in [4.69, 9.17) is 4.74 Å². The first-order chi connectivity index (χ1) is 14.5. The molecule has 1 aliphatic rings. The van der Waals surface area contributed by atoms with Gasteiger partial charge in [-0.15, -0.1) is 0 Å². The van der Waals surface area contributed by atoms with Crippen LogP contribution in [0.5, 0.6) is 5.75 Å². The number of ether oxygens (including phenoxy) is 1. The second-order valence-corrected chi connectivity index (χ2v) is 10.3. The first-order valence-electron chi connectivity index (χ1n) is 9.79. The molecule has 156 valence electrons. The molecule has 1 fully saturated rings. The van der Waals surface area contributed by atoms with Gasteiger partial charge in [-0.05, 0) is 77.2 Å². The summed E-state index contributed by atoms with van der Waals surface area (Å²) in [5.41, 5.74) is 2.85. The van der Waals surface area contributed by atoms with E-state index in [1.165, 1.54) is 0 Å². The van der Waals surface area contributed by atoms with Crippen LogP contribution in [0.3, 0.4) is 0 Å². The van der Waals surface area contributed by atoms with Gasteiger partial charge in [0.2, 0.25) is 0 Å². The fourth-order valence-electron chi connectivity index (χ4n) is 3.74. The zero-order valence-corrected chi connectivity index (χ0v) is 18.3. The van der Waals surface area contributed by atoms with E-state index in [0.29, 0.717) is 42.1 Å². The molecule has 0 atom stereocenters. The SMILES string of the molecule is COc1ccc(S(=O)(=O)C2CCN(C(=O)c3ccc(-c4ccsc4)cc3)CC2)cc1. The number of hydrogen-bond acceptors (Lipinski definition) is 5. The lowest BCUT2D eigenvalue weighted by Crippen LogP contribution is -2.42. The number of benzene rings is 2. The van der Waals surface area contributed by atoms with E-state index in [9.17, 15) is 13.2 Å². The number of sulfone groups is 1. The quantitative estimate of drug-likeness (QED) is 0.585. The van der Waals surface area contributed by atoms with Crippen LogP contribution >= 0.6 is 11.3 Å². The summed E-state index contributed by atoms with van der Waals surface area (Å²) >= 11 is 1.64. The van der Waals surface area contributed by atoms with Gasteiger partial charge in [0.25, 0.3) is 5.91 Å². The monoisotopic (exact) mass is 441 g/mol. The summed E-state index contributed by atoms with van der Waals surface area (Å²) in [5.74, 6) is 0.576. The van der Waals surface area contributed by atoms with Crippen molar-refractivity contribution in [1.29, 1.82) is 0 Å². The molecular formula is C23H23NO4S2. The number of nitrogens with zero attached hydrogens (tertiary/aromatic N) is 1. The van der Waals surface area contributed by atoms with Crippen molar-refractivity contribution in [2.45, 2.75) is 23.0 Å². The van der Waals surface area contributed by atoms with Crippen molar-refractivity contribution in [3.05, 3.63) is 70.9 Å². The van der Waals surface area contributed by atoms with Crippen LogP contribution in [-0.4, -0.2) is 44.7 Å². The molecule has 1 aromatic heterocycles. The molecule has 0 spiro atoms. The number of carbonyl (C=O) groups excluding carboxylic acids is 1. The summed E-state index contributed by atoms with van der Waals surface area (Å²) in [6, 6.07) is 16.1. The zero-order chi connectivity index (χ0) is 21.1. The number of thiophene rings is 1. The highest BCUT2D eigenvalue weighted by Crippen LogP contribution is 2.27. The van der Waals surface area contributed by atoms with E-state index in [-0.39, 0.29) is 5.91 Å². The molecule has 0 radical (unpaired) electrons. The van der Waals surface area contributed by atoms with E-state index in [1.54, 1.807) is 47.6 Å². The van der Waals surface area contributed by atoms with Gasteiger partial charge in [-0.25, -0.2) is 8.42 Å². The van der Waals surface area contributed by atoms with Gasteiger partial charge < -0.3 is 9.64 Å². The van der Waals surface area contributed by atoms with Crippen molar-refractivity contribution in [1.82, 2.24) is 4.90 Å². The normalized spacial score (nSPS) is 15.2. The van der Waals surface area contributed by atoms with Crippen LogP contribution in [0.2, 0.25) is 0 Å². The molecule has 7 heteroatoms. The Balaban J connectivity index is 1.40. The summed E-state index contributed by atoms with van der Waals surface area (Å²) in [4.78, 5) is 14.9. The molecule has 3 aromatic rings. The minimum atomic E-state index is -3.42. The van der Waals surface area contributed by atoms with Crippen LogP contribution < -0.4 is 4.74 Å². The topological polar surface area (TPSA) is 63.7 Å². The highest BCUT2D eigenvalue weighted by molar-refractivity contribution is 7.92. The molecule has 30 heavy (non-hydrogen) atoms. The molecule has 2 aromatic carbocycles. The molecule has 4 rings (SSSR count). The van der Waals surface area contributed by atoms with Crippen molar-refractivity contribution in [3.63, 3.8) is 0 Å². The lowest BCUT2D eigenvalue weighted by atomic mass is 10.0. The van der Waals surface area contributed by atoms with Gasteiger partial charge in [0, 0.05) is 18.7 Å². The van der Waals surface area contributed by atoms with Gasteiger partial charge in [-0.2, -0.15) is 11.3 Å². The lowest BCUT2D eigenvalue weighted by Gasteiger charge is -2.32. The fourth-order valence-corrected chi connectivity index (χ4v) is 6.14. The maximum absolute atomic E-state index is 12.9. The van der Waals surface area contributed by atoms with Crippen molar-refractivity contribution in [2.24, 2.45) is 0 Å². The maximum Gasteiger partial charge on any atom is 0.253 e. The Morgan fingerprint density at radius 2 is 1.63 bits per heavy atom. The maximum atomic E-state index is 12.9. The first-order valence-corrected chi connectivity index (χ1v) is 12.3. The van der Waals surface area contributed by atoms with Crippen LogP contribution in [0.4, 0.5) is 0 Å². The van der Waals surface area contributed by atoms with Gasteiger partial charge in [0.15, 0.2) is 9.84 Å². The summed E-state index contributed by atoms with van der Waals surface area (Å²) in [5, 5.41) is 3.62. The van der Waals surface area contributed by atoms with Gasteiger partial charge in [0.05, 0.1) is 17.3 Å². The summed E-state index contributed by atoms with van der Waals surface area (Å²) in [6.07, 6.45) is 0.875. The van der Waals surface area contributed by atoms with Gasteiger partial charge >= 0.3 is 0 Å². The lowest BCUT2D eigenvalue weighted by molar-refractivity contribution is 0.0725. The molecule has 1 saturated heterocycles. The summed E-state index contributed by atoms with van der Waals surface area (Å²) in [6.45, 7) is 0.871. The predicted octanol–water partition coefficient (Wildman–Crippen LogP) is 4.50. The Labute approximate surface area is 180 Å².